The van der Waals surface area contributed by atoms with Crippen LogP contribution < -0.4 is 16.0 Å². The van der Waals surface area contributed by atoms with Crippen LogP contribution in [0.25, 0.3) is 0 Å². The minimum Gasteiger partial charge on any atom is -0.378 e. The number of halogens is 1. The minimum atomic E-state index is 0. The first-order chi connectivity index (χ1) is 13.5. The summed E-state index contributed by atoms with van der Waals surface area (Å²) in [5.74, 6) is 1.24. The summed E-state index contributed by atoms with van der Waals surface area (Å²) in [4.78, 5) is 17.1. The van der Waals surface area contributed by atoms with Gasteiger partial charge in [-0.05, 0) is 66.2 Å². The molecule has 0 aliphatic heterocycles. The highest BCUT2D eigenvalue weighted by atomic mass is 127. The molecule has 168 valence electrons. The number of guanidine groups is 1. The lowest BCUT2D eigenvalue weighted by atomic mass is 9.51. The van der Waals surface area contributed by atoms with Gasteiger partial charge in [0.25, 0.3) is 0 Å². The molecular formula is C22H41IN4O2. The summed E-state index contributed by atoms with van der Waals surface area (Å²) in [6, 6.07) is 0.976. The predicted molar refractivity (Wildman–Crippen MR) is 129 cm³/mol. The van der Waals surface area contributed by atoms with E-state index >= 15 is 0 Å². The summed E-state index contributed by atoms with van der Waals surface area (Å²) in [6.07, 6.45) is 9.39. The lowest BCUT2D eigenvalue weighted by molar-refractivity contribution is -0.168. The van der Waals surface area contributed by atoms with Crippen LogP contribution in [0.4, 0.5) is 0 Å². The Hall–Kier alpha value is -0.570. The number of aliphatic imine (C=N–C) groups is 1. The molecule has 6 nitrogen and oxygen atoms in total. The van der Waals surface area contributed by atoms with Gasteiger partial charge in [0.15, 0.2) is 5.96 Å². The molecule has 1 amide bonds. The van der Waals surface area contributed by atoms with Gasteiger partial charge in [-0.25, -0.2) is 0 Å². The molecule has 0 bridgehead atoms. The quantitative estimate of drug-likeness (QED) is 0.273. The molecule has 3 N–H and O–H groups in total. The molecule has 4 unspecified atom stereocenters. The molecule has 7 heteroatoms. The van der Waals surface area contributed by atoms with Crippen molar-refractivity contribution in [1.29, 1.82) is 0 Å². The zero-order chi connectivity index (χ0) is 20.1. The van der Waals surface area contributed by atoms with E-state index in [-0.39, 0.29) is 41.8 Å². The number of hydrogen-bond acceptors (Lipinski definition) is 3. The fourth-order valence-corrected chi connectivity index (χ4v) is 5.25. The second kappa shape index (κ2) is 11.2. The normalized spacial score (nSPS) is 30.7. The molecule has 3 aliphatic rings. The fourth-order valence-electron chi connectivity index (χ4n) is 5.25. The molecule has 1 spiro atoms. The first kappa shape index (κ1) is 24.7. The molecular weight excluding hydrogens is 479 g/mol. The Bertz CT molecular complexity index is 565. The van der Waals surface area contributed by atoms with E-state index in [1.54, 1.807) is 0 Å². The largest absolute Gasteiger partial charge is 0.378 e. The number of nitrogens with zero attached hydrogens (tertiary/aromatic N) is 1. The Kier molecular flexibility index (Phi) is 9.51. The highest BCUT2D eigenvalue weighted by Gasteiger charge is 2.59. The Morgan fingerprint density at radius 1 is 1.14 bits per heavy atom. The summed E-state index contributed by atoms with van der Waals surface area (Å²) in [6.45, 7) is 9.77. The van der Waals surface area contributed by atoms with E-state index in [9.17, 15) is 4.79 Å². The van der Waals surface area contributed by atoms with Gasteiger partial charge < -0.3 is 20.7 Å². The molecule has 0 saturated heterocycles. The van der Waals surface area contributed by atoms with Crippen molar-refractivity contribution in [1.82, 2.24) is 16.0 Å². The Morgan fingerprint density at radius 3 is 2.48 bits per heavy atom. The molecule has 0 aromatic heterocycles. The third-order valence-corrected chi connectivity index (χ3v) is 6.88. The van der Waals surface area contributed by atoms with Gasteiger partial charge in [0.2, 0.25) is 5.91 Å². The van der Waals surface area contributed by atoms with E-state index < -0.39 is 0 Å². The first-order valence-electron chi connectivity index (χ1n) is 11.5. The van der Waals surface area contributed by atoms with E-state index in [0.717, 1.165) is 51.2 Å². The molecule has 3 fully saturated rings. The van der Waals surface area contributed by atoms with E-state index in [1.807, 2.05) is 13.8 Å². The van der Waals surface area contributed by atoms with Crippen LogP contribution in [0, 0.1) is 11.3 Å². The van der Waals surface area contributed by atoms with E-state index in [2.05, 4.69) is 29.8 Å². The van der Waals surface area contributed by atoms with Gasteiger partial charge in [-0.2, -0.15) is 0 Å². The molecule has 3 saturated carbocycles. The first-order valence-corrected chi connectivity index (χ1v) is 11.5. The number of ether oxygens (including phenoxy) is 1. The zero-order valence-electron chi connectivity index (χ0n) is 18.6. The molecule has 29 heavy (non-hydrogen) atoms. The number of carbonyl (C=O) groups excluding carboxylic acids is 1. The van der Waals surface area contributed by atoms with Crippen molar-refractivity contribution < 1.29 is 9.53 Å². The highest BCUT2D eigenvalue weighted by Crippen LogP contribution is 2.57. The van der Waals surface area contributed by atoms with Crippen molar-refractivity contribution in [2.24, 2.45) is 16.3 Å². The highest BCUT2D eigenvalue weighted by molar-refractivity contribution is 14.0. The average molecular weight is 521 g/mol. The number of nitrogens with one attached hydrogen (secondary N) is 3. The van der Waals surface area contributed by atoms with Crippen molar-refractivity contribution >= 4 is 35.8 Å². The van der Waals surface area contributed by atoms with Crippen molar-refractivity contribution in [3.8, 4) is 0 Å². The zero-order valence-corrected chi connectivity index (χ0v) is 21.0. The van der Waals surface area contributed by atoms with Gasteiger partial charge in [0, 0.05) is 42.6 Å². The molecule has 0 heterocycles. The van der Waals surface area contributed by atoms with Gasteiger partial charge >= 0.3 is 0 Å². The fraction of sp³-hybridized carbons (Fsp3) is 0.909. The van der Waals surface area contributed by atoms with Crippen LogP contribution in [0.1, 0.15) is 79.1 Å². The van der Waals surface area contributed by atoms with Gasteiger partial charge in [0.1, 0.15) is 0 Å². The molecule has 3 rings (SSSR count). The molecule has 0 aromatic rings. The van der Waals surface area contributed by atoms with E-state index in [1.165, 1.54) is 19.3 Å². The van der Waals surface area contributed by atoms with E-state index in [4.69, 9.17) is 9.73 Å². The van der Waals surface area contributed by atoms with Crippen LogP contribution in [-0.4, -0.2) is 49.2 Å². The van der Waals surface area contributed by atoms with Crippen LogP contribution in [0.2, 0.25) is 0 Å². The SMILES string of the molecule is CCN=C(NC1CCCC(C(=O)NC(C)C)C1)NC1CC(OCC)C12CCC2.I. The third-order valence-electron chi connectivity index (χ3n) is 6.88. The summed E-state index contributed by atoms with van der Waals surface area (Å²) >= 11 is 0. The number of amides is 1. The van der Waals surface area contributed by atoms with Gasteiger partial charge in [0.05, 0.1) is 6.10 Å². The summed E-state index contributed by atoms with van der Waals surface area (Å²) in [7, 11) is 0. The maximum Gasteiger partial charge on any atom is 0.223 e. The smallest absolute Gasteiger partial charge is 0.223 e. The molecule has 0 aromatic carbocycles. The Balaban J connectivity index is 0.00000300. The second-order valence-electron chi connectivity index (χ2n) is 9.15. The van der Waals surface area contributed by atoms with Crippen molar-refractivity contribution in [3.63, 3.8) is 0 Å². The maximum absolute atomic E-state index is 12.4. The number of carbonyl (C=O) groups is 1. The second-order valence-corrected chi connectivity index (χ2v) is 9.15. The maximum atomic E-state index is 12.4. The van der Waals surface area contributed by atoms with Crippen LogP contribution in [-0.2, 0) is 9.53 Å². The van der Waals surface area contributed by atoms with E-state index in [0.29, 0.717) is 23.6 Å². The third kappa shape index (κ3) is 5.77. The predicted octanol–water partition coefficient (Wildman–Crippen LogP) is 3.59. The van der Waals surface area contributed by atoms with Crippen LogP contribution in [0.3, 0.4) is 0 Å². The van der Waals surface area contributed by atoms with Crippen molar-refractivity contribution in [2.45, 2.75) is 103 Å². The molecule has 4 atom stereocenters. The summed E-state index contributed by atoms with van der Waals surface area (Å²) in [5.41, 5.74) is 0.318. The summed E-state index contributed by atoms with van der Waals surface area (Å²) in [5, 5.41) is 10.4. The van der Waals surface area contributed by atoms with Gasteiger partial charge in [-0.3, -0.25) is 9.79 Å². The minimum absolute atomic E-state index is 0. The van der Waals surface area contributed by atoms with Crippen LogP contribution >= 0.6 is 24.0 Å². The van der Waals surface area contributed by atoms with Crippen LogP contribution in [0.15, 0.2) is 4.99 Å². The molecule has 3 aliphatic carbocycles. The van der Waals surface area contributed by atoms with Crippen molar-refractivity contribution in [2.75, 3.05) is 13.2 Å². The lowest BCUT2D eigenvalue weighted by Gasteiger charge is -2.61. The summed E-state index contributed by atoms with van der Waals surface area (Å²) < 4.78 is 5.98. The topological polar surface area (TPSA) is 74.8 Å². The Labute approximate surface area is 193 Å². The number of rotatable bonds is 7. The average Bonchev–Trinajstić information content (AvgIpc) is 2.59. The number of hydrogen-bond donors (Lipinski definition) is 3. The molecule has 0 radical (unpaired) electrons. The van der Waals surface area contributed by atoms with Crippen LogP contribution in [0.5, 0.6) is 0 Å². The van der Waals surface area contributed by atoms with Gasteiger partial charge in [-0.1, -0.05) is 12.8 Å². The lowest BCUT2D eigenvalue weighted by Crippen LogP contribution is -2.69. The van der Waals surface area contributed by atoms with Gasteiger partial charge in [-0.15, -0.1) is 24.0 Å². The van der Waals surface area contributed by atoms with Crippen molar-refractivity contribution in [3.05, 3.63) is 0 Å². The monoisotopic (exact) mass is 520 g/mol. The Morgan fingerprint density at radius 2 is 1.90 bits per heavy atom. The standard InChI is InChI=1S/C22H40N4O2.HI/c1-5-23-21(26-18-14-19(28-6-2)22(18)11-8-12-22)25-17-10-7-9-16(13-17)20(27)24-15(3)4;/h15-19H,5-14H2,1-4H3,(H,24,27)(H2,23,25,26);1H.